The van der Waals surface area contributed by atoms with Crippen molar-refractivity contribution in [3.05, 3.63) is 45.4 Å². The number of hydrogen-bond donors (Lipinski definition) is 1. The lowest BCUT2D eigenvalue weighted by Gasteiger charge is -2.03. The SMILES string of the molecule is Cc1ccc(NCc2cc(Cl)cs2)cn1. The maximum atomic E-state index is 5.83. The van der Waals surface area contributed by atoms with Crippen LogP contribution in [0.15, 0.2) is 29.8 Å². The first-order chi connectivity index (χ1) is 7.24. The van der Waals surface area contributed by atoms with Crippen LogP contribution in [-0.2, 0) is 6.54 Å². The summed E-state index contributed by atoms with van der Waals surface area (Å²) in [5.41, 5.74) is 2.06. The van der Waals surface area contributed by atoms with E-state index in [1.54, 1.807) is 11.3 Å². The minimum absolute atomic E-state index is 0.794. The Morgan fingerprint density at radius 1 is 1.47 bits per heavy atom. The second-order valence-electron chi connectivity index (χ2n) is 3.27. The van der Waals surface area contributed by atoms with Crippen LogP contribution in [0.5, 0.6) is 0 Å². The molecule has 0 fully saturated rings. The van der Waals surface area contributed by atoms with E-state index >= 15 is 0 Å². The molecule has 2 heterocycles. The van der Waals surface area contributed by atoms with Gasteiger partial charge in [-0.3, -0.25) is 4.98 Å². The number of aryl methyl sites for hydroxylation is 1. The number of rotatable bonds is 3. The first kappa shape index (κ1) is 10.5. The highest BCUT2D eigenvalue weighted by Gasteiger charge is 1.97. The molecule has 0 amide bonds. The maximum Gasteiger partial charge on any atom is 0.0529 e. The lowest BCUT2D eigenvalue weighted by molar-refractivity contribution is 1.15. The Labute approximate surface area is 97.9 Å². The van der Waals surface area contributed by atoms with Gasteiger partial charge in [0.05, 0.1) is 16.9 Å². The van der Waals surface area contributed by atoms with Gasteiger partial charge in [-0.15, -0.1) is 11.3 Å². The maximum absolute atomic E-state index is 5.83. The molecule has 0 aliphatic rings. The monoisotopic (exact) mass is 238 g/mol. The van der Waals surface area contributed by atoms with E-state index < -0.39 is 0 Å². The number of nitrogens with one attached hydrogen (secondary N) is 1. The van der Waals surface area contributed by atoms with E-state index in [0.717, 1.165) is 22.9 Å². The predicted molar refractivity (Wildman–Crippen MR) is 65.6 cm³/mol. The molecule has 0 aliphatic heterocycles. The molecule has 0 radical (unpaired) electrons. The number of nitrogens with zero attached hydrogens (tertiary/aromatic N) is 1. The van der Waals surface area contributed by atoms with E-state index in [1.165, 1.54) is 4.88 Å². The normalized spacial score (nSPS) is 10.3. The molecule has 15 heavy (non-hydrogen) atoms. The van der Waals surface area contributed by atoms with Crippen LogP contribution in [0.4, 0.5) is 5.69 Å². The number of hydrogen-bond acceptors (Lipinski definition) is 3. The van der Waals surface area contributed by atoms with Crippen molar-refractivity contribution in [2.75, 3.05) is 5.32 Å². The number of anilines is 1. The van der Waals surface area contributed by atoms with Crippen molar-refractivity contribution in [3.63, 3.8) is 0 Å². The summed E-state index contributed by atoms with van der Waals surface area (Å²) >= 11 is 7.49. The number of aromatic nitrogens is 1. The molecule has 2 aromatic heterocycles. The number of halogens is 1. The van der Waals surface area contributed by atoms with Crippen molar-refractivity contribution < 1.29 is 0 Å². The third-order valence-electron chi connectivity index (χ3n) is 2.00. The van der Waals surface area contributed by atoms with Gasteiger partial charge in [0.15, 0.2) is 0 Å². The molecule has 0 unspecified atom stereocenters. The Balaban J connectivity index is 1.96. The van der Waals surface area contributed by atoms with Gasteiger partial charge in [0, 0.05) is 22.5 Å². The largest absolute Gasteiger partial charge is 0.379 e. The van der Waals surface area contributed by atoms with E-state index in [1.807, 2.05) is 36.7 Å². The van der Waals surface area contributed by atoms with Gasteiger partial charge in [-0.05, 0) is 25.1 Å². The summed E-state index contributed by atoms with van der Waals surface area (Å²) in [7, 11) is 0. The molecule has 4 heteroatoms. The van der Waals surface area contributed by atoms with E-state index in [0.29, 0.717) is 0 Å². The van der Waals surface area contributed by atoms with Crippen LogP contribution in [-0.4, -0.2) is 4.98 Å². The Bertz CT molecular complexity index is 436. The van der Waals surface area contributed by atoms with Crippen LogP contribution in [0.3, 0.4) is 0 Å². The van der Waals surface area contributed by atoms with Crippen molar-refractivity contribution >= 4 is 28.6 Å². The van der Waals surface area contributed by atoms with Crippen LogP contribution in [0.2, 0.25) is 5.02 Å². The molecule has 2 aromatic rings. The molecule has 2 nitrogen and oxygen atoms in total. The van der Waals surface area contributed by atoms with Crippen molar-refractivity contribution in [2.24, 2.45) is 0 Å². The zero-order valence-electron chi connectivity index (χ0n) is 8.33. The van der Waals surface area contributed by atoms with Gasteiger partial charge in [-0.2, -0.15) is 0 Å². The van der Waals surface area contributed by atoms with Gasteiger partial charge in [0.2, 0.25) is 0 Å². The Morgan fingerprint density at radius 3 is 2.93 bits per heavy atom. The number of thiophene rings is 1. The molecular weight excluding hydrogens is 228 g/mol. The topological polar surface area (TPSA) is 24.9 Å². The molecule has 0 aromatic carbocycles. The highest BCUT2D eigenvalue weighted by atomic mass is 35.5. The Hall–Kier alpha value is -1.06. The molecule has 0 spiro atoms. The Kier molecular flexibility index (Phi) is 3.23. The molecule has 0 atom stereocenters. The van der Waals surface area contributed by atoms with E-state index in [9.17, 15) is 0 Å². The standard InChI is InChI=1S/C11H11ClN2S/c1-8-2-3-10(5-13-8)14-6-11-4-9(12)7-15-11/h2-5,7,14H,6H2,1H3. The predicted octanol–water partition coefficient (Wildman–Crippen LogP) is 3.72. The molecule has 78 valence electrons. The van der Waals surface area contributed by atoms with Gasteiger partial charge in [-0.25, -0.2) is 0 Å². The zero-order chi connectivity index (χ0) is 10.7. The van der Waals surface area contributed by atoms with Crippen molar-refractivity contribution in [1.29, 1.82) is 0 Å². The fourth-order valence-electron chi connectivity index (χ4n) is 1.21. The quantitative estimate of drug-likeness (QED) is 0.882. The highest BCUT2D eigenvalue weighted by molar-refractivity contribution is 7.10. The summed E-state index contributed by atoms with van der Waals surface area (Å²) in [5, 5.41) is 6.03. The van der Waals surface area contributed by atoms with E-state index in [4.69, 9.17) is 11.6 Å². The van der Waals surface area contributed by atoms with Crippen LogP contribution >= 0.6 is 22.9 Å². The zero-order valence-corrected chi connectivity index (χ0v) is 9.90. The molecule has 0 saturated carbocycles. The van der Waals surface area contributed by atoms with Gasteiger partial charge in [-0.1, -0.05) is 11.6 Å². The molecule has 2 rings (SSSR count). The minimum Gasteiger partial charge on any atom is -0.379 e. The highest BCUT2D eigenvalue weighted by Crippen LogP contribution is 2.20. The van der Waals surface area contributed by atoms with E-state index in [-0.39, 0.29) is 0 Å². The second-order valence-corrected chi connectivity index (χ2v) is 4.71. The molecular formula is C11H11ClN2S. The first-order valence-corrected chi connectivity index (χ1v) is 5.89. The summed E-state index contributed by atoms with van der Waals surface area (Å²) < 4.78 is 0. The molecule has 0 aliphatic carbocycles. The summed E-state index contributed by atoms with van der Waals surface area (Å²) in [5.74, 6) is 0. The fourth-order valence-corrected chi connectivity index (χ4v) is 2.22. The summed E-state index contributed by atoms with van der Waals surface area (Å²) in [6.45, 7) is 2.77. The Morgan fingerprint density at radius 2 is 2.33 bits per heavy atom. The molecule has 1 N–H and O–H groups in total. The average Bonchev–Trinajstić information content (AvgIpc) is 2.64. The van der Waals surface area contributed by atoms with Crippen molar-refractivity contribution in [2.45, 2.75) is 13.5 Å². The summed E-state index contributed by atoms with van der Waals surface area (Å²) in [4.78, 5) is 5.43. The fraction of sp³-hybridized carbons (Fsp3) is 0.182. The number of pyridine rings is 1. The first-order valence-electron chi connectivity index (χ1n) is 4.63. The van der Waals surface area contributed by atoms with Gasteiger partial charge in [0.25, 0.3) is 0 Å². The second kappa shape index (κ2) is 4.64. The summed E-state index contributed by atoms with van der Waals surface area (Å²) in [6.07, 6.45) is 1.84. The van der Waals surface area contributed by atoms with Crippen molar-refractivity contribution in [3.8, 4) is 0 Å². The van der Waals surface area contributed by atoms with Crippen LogP contribution in [0.25, 0.3) is 0 Å². The molecule has 0 saturated heterocycles. The van der Waals surface area contributed by atoms with Crippen LogP contribution < -0.4 is 5.32 Å². The average molecular weight is 239 g/mol. The summed E-state index contributed by atoms with van der Waals surface area (Å²) in [6, 6.07) is 5.99. The third-order valence-corrected chi connectivity index (χ3v) is 3.28. The minimum atomic E-state index is 0.794. The smallest absolute Gasteiger partial charge is 0.0529 e. The van der Waals surface area contributed by atoms with E-state index in [2.05, 4.69) is 10.3 Å². The van der Waals surface area contributed by atoms with Crippen LogP contribution in [0.1, 0.15) is 10.6 Å². The van der Waals surface area contributed by atoms with Gasteiger partial charge >= 0.3 is 0 Å². The lowest BCUT2D eigenvalue weighted by Crippen LogP contribution is -1.97. The van der Waals surface area contributed by atoms with Crippen LogP contribution in [0, 0.1) is 6.92 Å². The van der Waals surface area contributed by atoms with Gasteiger partial charge in [0.1, 0.15) is 0 Å². The van der Waals surface area contributed by atoms with Crippen molar-refractivity contribution in [1.82, 2.24) is 4.98 Å². The lowest BCUT2D eigenvalue weighted by atomic mass is 10.3. The molecule has 0 bridgehead atoms. The van der Waals surface area contributed by atoms with Gasteiger partial charge < -0.3 is 5.32 Å². The third kappa shape index (κ3) is 2.94.